The van der Waals surface area contributed by atoms with Crippen LogP contribution in [-0.2, 0) is 9.59 Å². The van der Waals surface area contributed by atoms with Crippen LogP contribution in [0.25, 0.3) is 0 Å². The van der Waals surface area contributed by atoms with E-state index in [0.29, 0.717) is 18.9 Å². The zero-order chi connectivity index (χ0) is 12.3. The van der Waals surface area contributed by atoms with Crippen LogP contribution < -0.4 is 5.32 Å². The van der Waals surface area contributed by atoms with Gasteiger partial charge in [-0.3, -0.25) is 9.59 Å². The maximum Gasteiger partial charge on any atom is 0.241 e. The first-order valence-corrected chi connectivity index (χ1v) is 6.46. The third kappa shape index (κ3) is 3.19. The van der Waals surface area contributed by atoms with Crippen molar-refractivity contribution in [1.82, 2.24) is 15.1 Å². The molecule has 0 aromatic heterocycles. The highest BCUT2D eigenvalue weighted by molar-refractivity contribution is 5.87. The first-order chi connectivity index (χ1) is 8.19. The topological polar surface area (TPSA) is 52.6 Å². The minimum absolute atomic E-state index is 0.0116. The third-order valence-corrected chi connectivity index (χ3v) is 3.69. The van der Waals surface area contributed by atoms with Gasteiger partial charge in [0, 0.05) is 26.1 Å². The maximum atomic E-state index is 11.8. The molecule has 2 fully saturated rings. The Morgan fingerprint density at radius 3 is 2.88 bits per heavy atom. The molecule has 1 N–H and O–H groups in total. The summed E-state index contributed by atoms with van der Waals surface area (Å²) in [7, 11) is 0. The normalized spacial score (nSPS) is 27.1. The maximum absolute atomic E-state index is 11.8. The smallest absolute Gasteiger partial charge is 0.241 e. The lowest BCUT2D eigenvalue weighted by molar-refractivity contribution is -0.130. The molecule has 2 amide bonds. The summed E-state index contributed by atoms with van der Waals surface area (Å²) < 4.78 is 0. The van der Waals surface area contributed by atoms with Gasteiger partial charge in [0.15, 0.2) is 0 Å². The summed E-state index contributed by atoms with van der Waals surface area (Å²) in [4.78, 5) is 27.3. The van der Waals surface area contributed by atoms with Crippen LogP contribution in [0.3, 0.4) is 0 Å². The number of amides is 2. The summed E-state index contributed by atoms with van der Waals surface area (Å²) in [6.07, 6.45) is 1.61. The van der Waals surface area contributed by atoms with E-state index in [4.69, 9.17) is 0 Å². The Morgan fingerprint density at radius 1 is 1.35 bits per heavy atom. The summed E-state index contributed by atoms with van der Waals surface area (Å²) in [5.74, 6) is 0.625. The molecule has 1 atom stereocenters. The molecule has 5 heteroatoms. The van der Waals surface area contributed by atoms with Crippen molar-refractivity contribution in [2.75, 3.05) is 39.3 Å². The molecule has 2 saturated heterocycles. The molecule has 0 aliphatic carbocycles. The van der Waals surface area contributed by atoms with Gasteiger partial charge in [-0.1, -0.05) is 6.92 Å². The van der Waals surface area contributed by atoms with E-state index < -0.39 is 0 Å². The lowest BCUT2D eigenvalue weighted by Crippen LogP contribution is -2.39. The van der Waals surface area contributed by atoms with Crippen molar-refractivity contribution in [1.29, 1.82) is 0 Å². The van der Waals surface area contributed by atoms with Gasteiger partial charge in [-0.25, -0.2) is 0 Å². The molecule has 0 spiro atoms. The monoisotopic (exact) mass is 239 g/mol. The van der Waals surface area contributed by atoms with E-state index in [0.717, 1.165) is 26.2 Å². The second-order valence-electron chi connectivity index (χ2n) is 4.91. The molecule has 0 bridgehead atoms. The van der Waals surface area contributed by atoms with Gasteiger partial charge in [-0.05, 0) is 25.4 Å². The lowest BCUT2D eigenvalue weighted by Gasteiger charge is -2.23. The van der Waals surface area contributed by atoms with Gasteiger partial charge in [0.2, 0.25) is 11.8 Å². The fourth-order valence-corrected chi connectivity index (χ4v) is 2.59. The van der Waals surface area contributed by atoms with Crippen LogP contribution in [-0.4, -0.2) is 60.9 Å². The summed E-state index contributed by atoms with van der Waals surface area (Å²) in [6, 6.07) is 0. The number of nitrogens with zero attached hydrogens (tertiary/aromatic N) is 2. The van der Waals surface area contributed by atoms with Gasteiger partial charge in [-0.2, -0.15) is 0 Å². The van der Waals surface area contributed by atoms with Crippen molar-refractivity contribution in [2.24, 2.45) is 5.92 Å². The second-order valence-corrected chi connectivity index (χ2v) is 4.91. The average molecular weight is 239 g/mol. The van der Waals surface area contributed by atoms with Gasteiger partial charge in [0.05, 0.1) is 6.54 Å². The molecule has 17 heavy (non-hydrogen) atoms. The van der Waals surface area contributed by atoms with E-state index in [2.05, 4.69) is 17.1 Å². The Balaban J connectivity index is 1.85. The Bertz CT molecular complexity index is 306. The third-order valence-electron chi connectivity index (χ3n) is 3.69. The number of rotatable bonds is 3. The molecule has 0 aromatic carbocycles. The highest BCUT2D eigenvalue weighted by Crippen LogP contribution is 2.17. The molecule has 2 aliphatic heterocycles. The standard InChI is InChI=1S/C12H21N3O2/c1-2-14-5-3-10(8-14)9-15-6-4-11(16)13-7-12(15)17/h10H,2-9H2,1H3,(H,13,16). The van der Waals surface area contributed by atoms with Crippen molar-refractivity contribution in [3.05, 3.63) is 0 Å². The number of hydrogen-bond donors (Lipinski definition) is 1. The Hall–Kier alpha value is -1.10. The molecule has 0 aromatic rings. The lowest BCUT2D eigenvalue weighted by atomic mass is 10.1. The largest absolute Gasteiger partial charge is 0.347 e. The van der Waals surface area contributed by atoms with Crippen LogP contribution >= 0.6 is 0 Å². The Morgan fingerprint density at radius 2 is 2.18 bits per heavy atom. The van der Waals surface area contributed by atoms with Crippen LogP contribution in [0.2, 0.25) is 0 Å². The predicted molar refractivity (Wildman–Crippen MR) is 64.4 cm³/mol. The zero-order valence-electron chi connectivity index (χ0n) is 10.4. The highest BCUT2D eigenvalue weighted by Gasteiger charge is 2.27. The number of likely N-dealkylation sites (tertiary alicyclic amines) is 1. The van der Waals surface area contributed by atoms with Crippen LogP contribution in [0.15, 0.2) is 0 Å². The molecular weight excluding hydrogens is 218 g/mol. The van der Waals surface area contributed by atoms with Crippen LogP contribution in [0, 0.1) is 5.92 Å². The Labute approximate surface area is 102 Å². The molecule has 0 saturated carbocycles. The first kappa shape index (κ1) is 12.4. The second kappa shape index (κ2) is 5.49. The van der Waals surface area contributed by atoms with E-state index in [1.54, 1.807) is 0 Å². The van der Waals surface area contributed by atoms with Gasteiger partial charge < -0.3 is 15.1 Å². The fourth-order valence-electron chi connectivity index (χ4n) is 2.59. The van der Waals surface area contributed by atoms with Gasteiger partial charge in [-0.15, -0.1) is 0 Å². The summed E-state index contributed by atoms with van der Waals surface area (Å²) in [5.41, 5.74) is 0. The molecule has 5 nitrogen and oxygen atoms in total. The van der Waals surface area contributed by atoms with E-state index in [1.165, 1.54) is 6.42 Å². The van der Waals surface area contributed by atoms with Crippen molar-refractivity contribution in [2.45, 2.75) is 19.8 Å². The molecule has 2 rings (SSSR count). The molecular formula is C12H21N3O2. The summed E-state index contributed by atoms with van der Waals surface area (Å²) >= 11 is 0. The quantitative estimate of drug-likeness (QED) is 0.734. The number of hydrogen-bond acceptors (Lipinski definition) is 3. The van der Waals surface area contributed by atoms with Crippen molar-refractivity contribution in [3.63, 3.8) is 0 Å². The van der Waals surface area contributed by atoms with E-state index >= 15 is 0 Å². The van der Waals surface area contributed by atoms with E-state index in [9.17, 15) is 9.59 Å². The van der Waals surface area contributed by atoms with Crippen LogP contribution in [0.4, 0.5) is 0 Å². The molecule has 1 unspecified atom stereocenters. The van der Waals surface area contributed by atoms with Gasteiger partial charge in [0.25, 0.3) is 0 Å². The van der Waals surface area contributed by atoms with Crippen LogP contribution in [0.5, 0.6) is 0 Å². The SMILES string of the molecule is CCN1CCC(CN2CCC(=O)NCC2=O)C1. The predicted octanol–water partition coefficient (Wildman–Crippen LogP) is -0.323. The molecule has 2 heterocycles. The first-order valence-electron chi connectivity index (χ1n) is 6.46. The Kier molecular flexibility index (Phi) is 3.99. The highest BCUT2D eigenvalue weighted by atomic mass is 16.2. The molecule has 96 valence electrons. The summed E-state index contributed by atoms with van der Waals surface area (Å²) in [6.45, 7) is 7.04. The number of carbonyl (C=O) groups is 2. The number of carbonyl (C=O) groups excluding carboxylic acids is 2. The van der Waals surface area contributed by atoms with Gasteiger partial charge in [0.1, 0.15) is 0 Å². The van der Waals surface area contributed by atoms with Crippen molar-refractivity contribution in [3.8, 4) is 0 Å². The minimum Gasteiger partial charge on any atom is -0.347 e. The molecule has 2 aliphatic rings. The molecule has 0 radical (unpaired) electrons. The fraction of sp³-hybridized carbons (Fsp3) is 0.833. The zero-order valence-corrected chi connectivity index (χ0v) is 10.4. The van der Waals surface area contributed by atoms with Crippen LogP contribution in [0.1, 0.15) is 19.8 Å². The van der Waals surface area contributed by atoms with E-state index in [1.807, 2.05) is 4.90 Å². The van der Waals surface area contributed by atoms with Crippen molar-refractivity contribution >= 4 is 11.8 Å². The summed E-state index contributed by atoms with van der Waals surface area (Å²) in [5, 5.41) is 2.63. The van der Waals surface area contributed by atoms with Crippen molar-refractivity contribution < 1.29 is 9.59 Å². The van der Waals surface area contributed by atoms with Gasteiger partial charge >= 0.3 is 0 Å². The van der Waals surface area contributed by atoms with E-state index in [-0.39, 0.29) is 18.4 Å². The minimum atomic E-state index is -0.0116. The average Bonchev–Trinajstić information content (AvgIpc) is 2.72. The number of nitrogens with one attached hydrogen (secondary N) is 1.